The molecular weight excluding hydrogens is 432 g/mol. The number of methoxy groups -OCH3 is 1. The van der Waals surface area contributed by atoms with Gasteiger partial charge in [-0.1, -0.05) is 56.5 Å². The van der Waals surface area contributed by atoms with Crippen LogP contribution in [0, 0.1) is 0 Å². The molecule has 2 fully saturated rings. The van der Waals surface area contributed by atoms with Gasteiger partial charge in [0.15, 0.2) is 16.7 Å². The van der Waals surface area contributed by atoms with Crippen molar-refractivity contribution in [3.8, 4) is 11.5 Å². The number of aliphatic imine (C=N–C) groups is 1. The van der Waals surface area contributed by atoms with E-state index in [-0.39, 0.29) is 11.9 Å². The molecule has 1 aliphatic heterocycles. The molecule has 1 aliphatic carbocycles. The molecule has 6 heteroatoms. The molecule has 33 heavy (non-hydrogen) atoms. The van der Waals surface area contributed by atoms with Gasteiger partial charge in [0.1, 0.15) is 0 Å². The number of thioether (sulfide) groups is 1. The number of amidine groups is 1. The van der Waals surface area contributed by atoms with Gasteiger partial charge in [-0.15, -0.1) is 0 Å². The van der Waals surface area contributed by atoms with Crippen LogP contribution in [0.15, 0.2) is 52.4 Å². The van der Waals surface area contributed by atoms with E-state index < -0.39 is 0 Å². The monoisotopic (exact) mass is 464 g/mol. The summed E-state index contributed by atoms with van der Waals surface area (Å²) in [5.74, 6) is 1.36. The van der Waals surface area contributed by atoms with Crippen molar-refractivity contribution in [2.75, 3.05) is 13.7 Å². The highest BCUT2D eigenvalue weighted by molar-refractivity contribution is 8.18. The van der Waals surface area contributed by atoms with Gasteiger partial charge in [-0.25, -0.2) is 4.99 Å². The Labute approximate surface area is 200 Å². The molecule has 174 valence electrons. The number of ether oxygens (including phenoxy) is 2. The third kappa shape index (κ3) is 5.11. The molecule has 4 rings (SSSR count). The van der Waals surface area contributed by atoms with Crippen LogP contribution in [-0.2, 0) is 11.2 Å². The minimum absolute atomic E-state index is 0.0323. The third-order valence-electron chi connectivity index (χ3n) is 6.17. The molecule has 1 saturated heterocycles. The first-order valence-electron chi connectivity index (χ1n) is 11.9. The van der Waals surface area contributed by atoms with Crippen LogP contribution in [-0.4, -0.2) is 35.7 Å². The lowest BCUT2D eigenvalue weighted by molar-refractivity contribution is -0.124. The van der Waals surface area contributed by atoms with Crippen molar-refractivity contribution in [3.63, 3.8) is 0 Å². The topological polar surface area (TPSA) is 51.1 Å². The Morgan fingerprint density at radius 1 is 1.09 bits per heavy atom. The molecule has 0 spiro atoms. The van der Waals surface area contributed by atoms with Crippen LogP contribution in [0.25, 0.3) is 6.08 Å². The van der Waals surface area contributed by atoms with Gasteiger partial charge in [0.25, 0.3) is 5.91 Å². The molecule has 1 saturated carbocycles. The Morgan fingerprint density at radius 3 is 2.61 bits per heavy atom. The lowest BCUT2D eigenvalue weighted by Gasteiger charge is -2.30. The minimum Gasteiger partial charge on any atom is -0.493 e. The summed E-state index contributed by atoms with van der Waals surface area (Å²) in [6, 6.07) is 14.1. The molecule has 1 amide bonds. The van der Waals surface area contributed by atoms with Gasteiger partial charge < -0.3 is 9.47 Å². The van der Waals surface area contributed by atoms with Gasteiger partial charge in [-0.05, 0) is 61.7 Å². The normalized spacial score (nSPS) is 19.5. The lowest BCUT2D eigenvalue weighted by atomic mass is 9.94. The largest absolute Gasteiger partial charge is 0.493 e. The number of amides is 1. The highest BCUT2D eigenvalue weighted by Gasteiger charge is 2.39. The molecule has 2 aliphatic rings. The Hall–Kier alpha value is -2.73. The molecule has 0 unspecified atom stereocenters. The Balaban J connectivity index is 1.76. The number of hydrogen-bond acceptors (Lipinski definition) is 5. The Bertz CT molecular complexity index is 1060. The number of benzene rings is 2. The van der Waals surface area contributed by atoms with Crippen molar-refractivity contribution in [2.24, 2.45) is 4.99 Å². The third-order valence-corrected chi connectivity index (χ3v) is 7.15. The first-order valence-corrected chi connectivity index (χ1v) is 12.7. The maximum atomic E-state index is 13.7. The zero-order valence-electron chi connectivity index (χ0n) is 19.7. The molecule has 5 nitrogen and oxygen atoms in total. The molecule has 2 aromatic rings. The summed E-state index contributed by atoms with van der Waals surface area (Å²) in [5, 5.41) is 0.778. The maximum absolute atomic E-state index is 13.7. The summed E-state index contributed by atoms with van der Waals surface area (Å²) in [6.07, 6.45) is 8.42. The molecule has 0 bridgehead atoms. The van der Waals surface area contributed by atoms with Crippen molar-refractivity contribution >= 4 is 34.6 Å². The van der Waals surface area contributed by atoms with Crippen molar-refractivity contribution in [1.82, 2.24) is 4.90 Å². The zero-order valence-corrected chi connectivity index (χ0v) is 20.5. The van der Waals surface area contributed by atoms with Crippen LogP contribution >= 0.6 is 11.8 Å². The zero-order chi connectivity index (χ0) is 23.2. The second kappa shape index (κ2) is 10.9. The highest BCUT2D eigenvalue weighted by Crippen LogP contribution is 2.41. The van der Waals surface area contributed by atoms with E-state index >= 15 is 0 Å². The summed E-state index contributed by atoms with van der Waals surface area (Å²) in [4.78, 5) is 21.3. The van der Waals surface area contributed by atoms with Crippen LogP contribution < -0.4 is 9.47 Å². The van der Waals surface area contributed by atoms with E-state index in [1.165, 1.54) is 23.7 Å². The highest BCUT2D eigenvalue weighted by atomic mass is 32.2. The SMILES string of the molecule is CCOc1c(/C=C2/SC(=Nc3ccccc3CC)N(C3CCCCC3)C2=O)cccc1OC. The number of hydrogen-bond donors (Lipinski definition) is 0. The summed E-state index contributed by atoms with van der Waals surface area (Å²) in [5.41, 5.74) is 2.96. The Kier molecular flexibility index (Phi) is 7.76. The van der Waals surface area contributed by atoms with E-state index in [1.54, 1.807) is 7.11 Å². The average molecular weight is 465 g/mol. The first-order chi connectivity index (χ1) is 16.2. The lowest BCUT2D eigenvalue weighted by Crippen LogP contribution is -2.40. The molecule has 0 N–H and O–H groups in total. The summed E-state index contributed by atoms with van der Waals surface area (Å²) in [7, 11) is 1.63. The quantitative estimate of drug-likeness (QED) is 0.434. The van der Waals surface area contributed by atoms with Gasteiger partial charge in [-0.3, -0.25) is 9.69 Å². The fourth-order valence-corrected chi connectivity index (χ4v) is 5.54. The van der Waals surface area contributed by atoms with E-state index in [0.717, 1.165) is 48.5 Å². The van der Waals surface area contributed by atoms with Gasteiger partial charge in [0, 0.05) is 11.6 Å². The van der Waals surface area contributed by atoms with E-state index in [9.17, 15) is 4.79 Å². The number of rotatable bonds is 7. The van der Waals surface area contributed by atoms with Crippen LogP contribution in [0.5, 0.6) is 11.5 Å². The fourth-order valence-electron chi connectivity index (χ4n) is 4.50. The van der Waals surface area contributed by atoms with Gasteiger partial charge in [-0.2, -0.15) is 0 Å². The maximum Gasteiger partial charge on any atom is 0.267 e. The van der Waals surface area contributed by atoms with Crippen LogP contribution in [0.3, 0.4) is 0 Å². The van der Waals surface area contributed by atoms with Crippen molar-refractivity contribution in [3.05, 3.63) is 58.5 Å². The van der Waals surface area contributed by atoms with Crippen LogP contribution in [0.1, 0.15) is 57.1 Å². The van der Waals surface area contributed by atoms with Gasteiger partial charge in [0.2, 0.25) is 0 Å². The standard InChI is InChI=1S/C27H32N2O3S/c1-4-19-12-9-10-16-22(19)28-27-29(21-14-7-6-8-15-21)26(30)24(33-27)18-20-13-11-17-23(31-3)25(20)32-5-2/h9-13,16-18,21H,4-8,14-15H2,1-3H3/b24-18+,28-27?. The number of carbonyl (C=O) groups is 1. The van der Waals surface area contributed by atoms with Crippen LogP contribution in [0.4, 0.5) is 5.69 Å². The van der Waals surface area contributed by atoms with E-state index in [2.05, 4.69) is 13.0 Å². The molecular formula is C27H32N2O3S. The first kappa shape index (κ1) is 23.4. The molecule has 2 aromatic carbocycles. The summed E-state index contributed by atoms with van der Waals surface area (Å²) < 4.78 is 11.4. The van der Waals surface area contributed by atoms with Gasteiger partial charge >= 0.3 is 0 Å². The number of para-hydroxylation sites is 2. The fraction of sp³-hybridized carbons (Fsp3) is 0.407. The number of carbonyl (C=O) groups excluding carboxylic acids is 1. The average Bonchev–Trinajstić information content (AvgIpc) is 3.15. The molecule has 0 atom stereocenters. The predicted octanol–water partition coefficient (Wildman–Crippen LogP) is 6.59. The number of nitrogens with zero attached hydrogens (tertiary/aromatic N) is 2. The van der Waals surface area contributed by atoms with Crippen molar-refractivity contribution in [1.29, 1.82) is 0 Å². The molecule has 1 heterocycles. The second-order valence-corrected chi connectivity index (χ2v) is 9.28. The molecule has 0 aromatic heterocycles. The second-order valence-electron chi connectivity index (χ2n) is 8.27. The predicted molar refractivity (Wildman–Crippen MR) is 136 cm³/mol. The Morgan fingerprint density at radius 2 is 1.88 bits per heavy atom. The summed E-state index contributed by atoms with van der Waals surface area (Å²) in [6.45, 7) is 4.60. The number of aryl methyl sites for hydroxylation is 1. The van der Waals surface area contributed by atoms with E-state index in [0.29, 0.717) is 23.0 Å². The van der Waals surface area contributed by atoms with Crippen molar-refractivity contribution < 1.29 is 14.3 Å². The van der Waals surface area contributed by atoms with Gasteiger partial charge in [0.05, 0.1) is 24.3 Å². The van der Waals surface area contributed by atoms with Crippen molar-refractivity contribution in [2.45, 2.75) is 58.4 Å². The smallest absolute Gasteiger partial charge is 0.267 e. The summed E-state index contributed by atoms with van der Waals surface area (Å²) >= 11 is 1.46. The van der Waals surface area contributed by atoms with E-state index in [4.69, 9.17) is 14.5 Å². The van der Waals surface area contributed by atoms with E-state index in [1.807, 2.05) is 54.3 Å². The van der Waals surface area contributed by atoms with Crippen LogP contribution in [0.2, 0.25) is 0 Å². The molecule has 0 radical (unpaired) electrons. The minimum atomic E-state index is 0.0323.